The van der Waals surface area contributed by atoms with Crippen LogP contribution in [0.25, 0.3) is 0 Å². The lowest BCUT2D eigenvalue weighted by Crippen LogP contribution is -2.35. The van der Waals surface area contributed by atoms with E-state index in [4.69, 9.17) is 33.2 Å². The molecular formula is C32H52N2O9. The van der Waals surface area contributed by atoms with Gasteiger partial charge in [-0.15, -0.1) is 0 Å². The summed E-state index contributed by atoms with van der Waals surface area (Å²) in [6.45, 7) is 12.7. The first-order chi connectivity index (χ1) is 20.8. The summed E-state index contributed by atoms with van der Waals surface area (Å²) in [5.74, 6) is 2.39. The molecule has 244 valence electrons. The van der Waals surface area contributed by atoms with Crippen LogP contribution in [0.5, 0.6) is 23.0 Å². The van der Waals surface area contributed by atoms with Gasteiger partial charge in [0.1, 0.15) is 38.6 Å². The molecule has 43 heavy (non-hydrogen) atoms. The van der Waals surface area contributed by atoms with E-state index in [1.807, 2.05) is 76.2 Å². The maximum atomic E-state index is 10.1. The van der Waals surface area contributed by atoms with Gasteiger partial charge in [0.15, 0.2) is 23.0 Å². The van der Waals surface area contributed by atoms with Crippen LogP contribution in [0.15, 0.2) is 48.5 Å². The van der Waals surface area contributed by atoms with Crippen molar-refractivity contribution in [2.75, 3.05) is 79.2 Å². The van der Waals surface area contributed by atoms with Crippen molar-refractivity contribution in [1.82, 2.24) is 10.6 Å². The van der Waals surface area contributed by atoms with Crippen molar-refractivity contribution in [2.45, 2.75) is 52.0 Å². The van der Waals surface area contributed by atoms with E-state index >= 15 is 0 Å². The van der Waals surface area contributed by atoms with Gasteiger partial charge in [0.25, 0.3) is 0 Å². The molecule has 0 heterocycles. The first kappa shape index (κ1) is 36.6. The van der Waals surface area contributed by atoms with Gasteiger partial charge < -0.3 is 54.0 Å². The highest BCUT2D eigenvalue weighted by molar-refractivity contribution is 5.40. The van der Waals surface area contributed by atoms with Crippen LogP contribution in [0.4, 0.5) is 0 Å². The largest absolute Gasteiger partial charge is 0.487 e. The highest BCUT2D eigenvalue weighted by Crippen LogP contribution is 2.27. The van der Waals surface area contributed by atoms with E-state index in [9.17, 15) is 10.2 Å². The van der Waals surface area contributed by atoms with Gasteiger partial charge in [-0.05, 0) is 24.3 Å². The lowest BCUT2D eigenvalue weighted by molar-refractivity contribution is 0.00462. The zero-order valence-electron chi connectivity index (χ0n) is 26.2. The Kier molecular flexibility index (Phi) is 19.4. The molecule has 0 aliphatic carbocycles. The SMILES string of the molecule is CC(C)NC[C@H](O)COc1ccccc1OCCOCCOCCOCCOc1ccccc1OC[C@@H](O)CNC(C)C. The van der Waals surface area contributed by atoms with Gasteiger partial charge in [0.2, 0.25) is 0 Å². The number of rotatable bonds is 26. The van der Waals surface area contributed by atoms with Crippen molar-refractivity contribution >= 4 is 0 Å². The molecule has 4 N–H and O–H groups in total. The lowest BCUT2D eigenvalue weighted by atomic mass is 10.3. The van der Waals surface area contributed by atoms with E-state index in [-0.39, 0.29) is 13.2 Å². The molecule has 0 aromatic heterocycles. The second-order valence-electron chi connectivity index (χ2n) is 10.5. The van der Waals surface area contributed by atoms with Crippen molar-refractivity contribution in [3.8, 4) is 23.0 Å². The summed E-state index contributed by atoms with van der Waals surface area (Å²) in [6, 6.07) is 15.4. The molecular weight excluding hydrogens is 556 g/mol. The summed E-state index contributed by atoms with van der Waals surface area (Å²) in [5, 5.41) is 26.5. The summed E-state index contributed by atoms with van der Waals surface area (Å²) in [7, 11) is 0. The average molecular weight is 609 g/mol. The van der Waals surface area contributed by atoms with Gasteiger partial charge in [0.05, 0.1) is 39.6 Å². The van der Waals surface area contributed by atoms with Gasteiger partial charge in [-0.3, -0.25) is 0 Å². The van der Waals surface area contributed by atoms with Gasteiger partial charge >= 0.3 is 0 Å². The van der Waals surface area contributed by atoms with Gasteiger partial charge in [-0.25, -0.2) is 0 Å². The van der Waals surface area contributed by atoms with Crippen LogP contribution in [-0.4, -0.2) is 114 Å². The van der Waals surface area contributed by atoms with E-state index in [2.05, 4.69) is 10.6 Å². The minimum Gasteiger partial charge on any atom is -0.487 e. The monoisotopic (exact) mass is 608 g/mol. The molecule has 0 spiro atoms. The molecule has 0 amide bonds. The Bertz CT molecular complexity index is 888. The number of ether oxygens (including phenoxy) is 7. The molecule has 0 saturated carbocycles. The molecule has 0 aliphatic rings. The maximum Gasteiger partial charge on any atom is 0.161 e. The molecule has 11 nitrogen and oxygen atoms in total. The van der Waals surface area contributed by atoms with Crippen molar-refractivity contribution in [3.63, 3.8) is 0 Å². The molecule has 11 heteroatoms. The van der Waals surface area contributed by atoms with Crippen LogP contribution in [-0.2, 0) is 14.2 Å². The Labute approximate surface area is 256 Å². The fourth-order valence-electron chi connectivity index (χ4n) is 3.57. The van der Waals surface area contributed by atoms with Crippen molar-refractivity contribution in [2.24, 2.45) is 0 Å². The Hall–Kier alpha value is -2.64. The van der Waals surface area contributed by atoms with E-state index < -0.39 is 12.2 Å². The van der Waals surface area contributed by atoms with Crippen molar-refractivity contribution < 1.29 is 43.4 Å². The van der Waals surface area contributed by atoms with Crippen LogP contribution in [0.3, 0.4) is 0 Å². The topological polar surface area (TPSA) is 129 Å². The van der Waals surface area contributed by atoms with Crippen molar-refractivity contribution in [3.05, 3.63) is 48.5 Å². The second-order valence-corrected chi connectivity index (χ2v) is 10.5. The van der Waals surface area contributed by atoms with Crippen molar-refractivity contribution in [1.29, 1.82) is 0 Å². The Morgan fingerprint density at radius 3 is 1.12 bits per heavy atom. The first-order valence-corrected chi connectivity index (χ1v) is 15.1. The van der Waals surface area contributed by atoms with E-state index in [1.54, 1.807) is 0 Å². The summed E-state index contributed by atoms with van der Waals surface area (Å²) >= 11 is 0. The summed E-state index contributed by atoms with van der Waals surface area (Å²) < 4.78 is 39.8. The third-order valence-corrected chi connectivity index (χ3v) is 5.80. The molecule has 2 aromatic carbocycles. The molecule has 0 unspecified atom stereocenters. The normalized spacial score (nSPS) is 12.8. The lowest BCUT2D eigenvalue weighted by Gasteiger charge is -2.17. The number of aliphatic hydroxyl groups is 2. The van der Waals surface area contributed by atoms with E-state index in [1.165, 1.54) is 0 Å². The number of hydrogen-bond acceptors (Lipinski definition) is 11. The minimum absolute atomic E-state index is 0.177. The predicted molar refractivity (Wildman–Crippen MR) is 166 cm³/mol. The Morgan fingerprint density at radius 1 is 0.488 bits per heavy atom. The smallest absolute Gasteiger partial charge is 0.161 e. The molecule has 2 atom stereocenters. The highest BCUT2D eigenvalue weighted by atomic mass is 16.6. The zero-order chi connectivity index (χ0) is 31.1. The highest BCUT2D eigenvalue weighted by Gasteiger charge is 2.11. The van der Waals surface area contributed by atoms with E-state index in [0.29, 0.717) is 101 Å². The van der Waals surface area contributed by atoms with E-state index in [0.717, 1.165) is 0 Å². The summed E-state index contributed by atoms with van der Waals surface area (Å²) in [6.07, 6.45) is -1.21. The number of para-hydroxylation sites is 4. The summed E-state index contributed by atoms with van der Waals surface area (Å²) in [5.41, 5.74) is 0. The van der Waals surface area contributed by atoms with Crippen LogP contribution in [0.2, 0.25) is 0 Å². The van der Waals surface area contributed by atoms with Gasteiger partial charge in [-0.2, -0.15) is 0 Å². The zero-order valence-corrected chi connectivity index (χ0v) is 26.2. The number of benzene rings is 2. The first-order valence-electron chi connectivity index (χ1n) is 15.1. The van der Waals surface area contributed by atoms with Crippen LogP contribution in [0.1, 0.15) is 27.7 Å². The van der Waals surface area contributed by atoms with Crippen LogP contribution in [0, 0.1) is 0 Å². The molecule has 2 rings (SSSR count). The van der Waals surface area contributed by atoms with Crippen LogP contribution >= 0.6 is 0 Å². The second kappa shape index (κ2) is 22.8. The average Bonchev–Trinajstić information content (AvgIpc) is 3.00. The standard InChI is InChI=1S/C32H52N2O9/c1-25(2)33-21-27(35)23-42-31-11-7-5-9-29(31)40-19-17-38-15-13-37-14-16-39-18-20-41-30-10-6-8-12-32(30)43-24-28(36)22-34-26(3)4/h5-12,25-28,33-36H,13-24H2,1-4H3/t27-,28-/m0/s1. The number of aliphatic hydroxyl groups excluding tert-OH is 2. The number of nitrogens with one attached hydrogen (secondary N) is 2. The molecule has 0 aliphatic heterocycles. The molecule has 0 radical (unpaired) electrons. The van der Waals surface area contributed by atoms with Crippen LogP contribution < -0.4 is 29.6 Å². The fourth-order valence-corrected chi connectivity index (χ4v) is 3.57. The fraction of sp³-hybridized carbons (Fsp3) is 0.625. The molecule has 0 saturated heterocycles. The molecule has 0 fully saturated rings. The van der Waals surface area contributed by atoms with Gasteiger partial charge in [-0.1, -0.05) is 52.0 Å². The third kappa shape index (κ3) is 17.9. The maximum absolute atomic E-state index is 10.1. The Morgan fingerprint density at radius 2 is 0.791 bits per heavy atom. The molecule has 0 bridgehead atoms. The number of hydrogen-bond donors (Lipinski definition) is 4. The third-order valence-electron chi connectivity index (χ3n) is 5.80. The Balaban J connectivity index is 1.47. The minimum atomic E-state index is -0.607. The summed E-state index contributed by atoms with van der Waals surface area (Å²) in [4.78, 5) is 0. The molecule has 2 aromatic rings. The quantitative estimate of drug-likeness (QED) is 0.118. The van der Waals surface area contributed by atoms with Gasteiger partial charge in [0, 0.05) is 25.2 Å². The predicted octanol–water partition coefficient (Wildman–Crippen LogP) is 2.67.